The predicted molar refractivity (Wildman–Crippen MR) is 126 cm³/mol. The summed E-state index contributed by atoms with van der Waals surface area (Å²) in [6.07, 6.45) is 2.13. The van der Waals surface area contributed by atoms with E-state index in [9.17, 15) is 24.3 Å². The van der Waals surface area contributed by atoms with Gasteiger partial charge in [-0.25, -0.2) is 9.59 Å². The molecule has 2 rings (SSSR count). The Morgan fingerprint density at radius 2 is 1.81 bits per heavy atom. The SMILES string of the molecule is CSCCC(NC(=O)C(NC(=O)N1c2ccccc2NC(=O)C1C(C)C)C(C)C)C(=O)O. The summed E-state index contributed by atoms with van der Waals surface area (Å²) in [6, 6.07) is 3.61. The maximum absolute atomic E-state index is 13.4. The zero-order valence-corrected chi connectivity index (χ0v) is 19.9. The molecule has 3 unspecified atom stereocenters. The largest absolute Gasteiger partial charge is 0.480 e. The van der Waals surface area contributed by atoms with E-state index < -0.39 is 36.0 Å². The van der Waals surface area contributed by atoms with Crippen LogP contribution in [0.5, 0.6) is 0 Å². The van der Waals surface area contributed by atoms with E-state index in [-0.39, 0.29) is 24.2 Å². The van der Waals surface area contributed by atoms with E-state index >= 15 is 0 Å². The van der Waals surface area contributed by atoms with Crippen molar-refractivity contribution >= 4 is 47.0 Å². The quantitative estimate of drug-likeness (QED) is 0.445. The predicted octanol–water partition coefficient (Wildman–Crippen LogP) is 2.53. The minimum absolute atomic E-state index is 0.177. The van der Waals surface area contributed by atoms with Gasteiger partial charge in [0.05, 0.1) is 11.4 Å². The van der Waals surface area contributed by atoms with E-state index in [4.69, 9.17) is 0 Å². The van der Waals surface area contributed by atoms with Crippen LogP contribution in [0.15, 0.2) is 24.3 Å². The molecule has 0 saturated heterocycles. The molecule has 10 heteroatoms. The third-order valence-electron chi connectivity index (χ3n) is 5.27. The average Bonchev–Trinajstić information content (AvgIpc) is 2.72. The van der Waals surface area contributed by atoms with Gasteiger partial charge >= 0.3 is 12.0 Å². The molecule has 3 atom stereocenters. The van der Waals surface area contributed by atoms with Gasteiger partial charge in [0.25, 0.3) is 0 Å². The smallest absolute Gasteiger partial charge is 0.326 e. The van der Waals surface area contributed by atoms with Crippen LogP contribution in [0.3, 0.4) is 0 Å². The van der Waals surface area contributed by atoms with Crippen LogP contribution >= 0.6 is 11.8 Å². The number of anilines is 2. The molecular formula is C22H32N4O5S. The summed E-state index contributed by atoms with van der Waals surface area (Å²) in [7, 11) is 0. The Morgan fingerprint density at radius 3 is 2.38 bits per heavy atom. The maximum Gasteiger partial charge on any atom is 0.326 e. The van der Waals surface area contributed by atoms with E-state index in [1.54, 1.807) is 38.1 Å². The van der Waals surface area contributed by atoms with Crippen molar-refractivity contribution in [1.82, 2.24) is 10.6 Å². The Morgan fingerprint density at radius 1 is 1.16 bits per heavy atom. The topological polar surface area (TPSA) is 128 Å². The highest BCUT2D eigenvalue weighted by molar-refractivity contribution is 7.98. The molecule has 0 aliphatic carbocycles. The summed E-state index contributed by atoms with van der Waals surface area (Å²) in [5.41, 5.74) is 1.05. The number of nitrogens with zero attached hydrogens (tertiary/aromatic N) is 1. The van der Waals surface area contributed by atoms with Gasteiger partial charge in [0.15, 0.2) is 0 Å². The van der Waals surface area contributed by atoms with Crippen LogP contribution in [0, 0.1) is 11.8 Å². The number of benzene rings is 1. The zero-order chi connectivity index (χ0) is 24.0. The molecule has 1 aliphatic rings. The first kappa shape index (κ1) is 25.5. The number of hydrogen-bond acceptors (Lipinski definition) is 5. The molecule has 0 aromatic heterocycles. The Hall–Kier alpha value is -2.75. The molecule has 0 bridgehead atoms. The first-order valence-corrected chi connectivity index (χ1v) is 12.0. The van der Waals surface area contributed by atoms with Gasteiger partial charge in [-0.2, -0.15) is 11.8 Å². The summed E-state index contributed by atoms with van der Waals surface area (Å²) in [4.78, 5) is 51.9. The van der Waals surface area contributed by atoms with Gasteiger partial charge in [0, 0.05) is 0 Å². The van der Waals surface area contributed by atoms with Crippen molar-refractivity contribution in [3.05, 3.63) is 24.3 Å². The van der Waals surface area contributed by atoms with Crippen molar-refractivity contribution < 1.29 is 24.3 Å². The Balaban J connectivity index is 2.28. The van der Waals surface area contributed by atoms with Crippen molar-refractivity contribution in [2.24, 2.45) is 11.8 Å². The van der Waals surface area contributed by atoms with E-state index in [0.717, 1.165) is 0 Å². The van der Waals surface area contributed by atoms with Crippen LogP contribution in [0.4, 0.5) is 16.2 Å². The molecule has 1 aromatic carbocycles. The second-order valence-corrected chi connectivity index (χ2v) is 9.40. The van der Waals surface area contributed by atoms with Gasteiger partial charge in [-0.05, 0) is 42.4 Å². The minimum Gasteiger partial charge on any atom is -0.480 e. The second-order valence-electron chi connectivity index (χ2n) is 8.42. The molecular weight excluding hydrogens is 432 g/mol. The lowest BCUT2D eigenvalue weighted by Gasteiger charge is -2.39. The lowest BCUT2D eigenvalue weighted by Crippen LogP contribution is -2.61. The van der Waals surface area contributed by atoms with Crippen LogP contribution in [0.1, 0.15) is 34.1 Å². The molecule has 4 N–H and O–H groups in total. The van der Waals surface area contributed by atoms with Gasteiger partial charge in [0.1, 0.15) is 18.1 Å². The first-order chi connectivity index (χ1) is 15.1. The van der Waals surface area contributed by atoms with E-state index in [2.05, 4.69) is 16.0 Å². The molecule has 32 heavy (non-hydrogen) atoms. The van der Waals surface area contributed by atoms with Crippen molar-refractivity contribution in [1.29, 1.82) is 0 Å². The third kappa shape index (κ3) is 5.93. The number of hydrogen-bond donors (Lipinski definition) is 4. The number of para-hydroxylation sites is 2. The average molecular weight is 465 g/mol. The Labute approximate surface area is 192 Å². The van der Waals surface area contributed by atoms with Crippen molar-refractivity contribution in [3.63, 3.8) is 0 Å². The first-order valence-electron chi connectivity index (χ1n) is 10.6. The van der Waals surface area contributed by atoms with Crippen molar-refractivity contribution in [2.45, 2.75) is 52.2 Å². The fourth-order valence-electron chi connectivity index (χ4n) is 3.59. The third-order valence-corrected chi connectivity index (χ3v) is 5.92. The number of amides is 4. The van der Waals surface area contributed by atoms with Crippen LogP contribution < -0.4 is 20.9 Å². The maximum atomic E-state index is 13.4. The number of thioether (sulfide) groups is 1. The molecule has 1 heterocycles. The lowest BCUT2D eigenvalue weighted by atomic mass is 9.97. The fraction of sp³-hybridized carbons (Fsp3) is 0.545. The highest BCUT2D eigenvalue weighted by atomic mass is 32.2. The summed E-state index contributed by atoms with van der Waals surface area (Å²) in [6.45, 7) is 7.21. The van der Waals surface area contributed by atoms with Gasteiger partial charge < -0.3 is 21.1 Å². The number of carboxylic acid groups (broad SMARTS) is 1. The highest BCUT2D eigenvalue weighted by Gasteiger charge is 2.40. The van der Waals surface area contributed by atoms with E-state index in [1.165, 1.54) is 16.7 Å². The van der Waals surface area contributed by atoms with Crippen molar-refractivity contribution in [3.8, 4) is 0 Å². The number of urea groups is 1. The molecule has 176 valence electrons. The number of rotatable bonds is 9. The Bertz CT molecular complexity index is 860. The standard InChI is InChI=1S/C22H32N4O5S/c1-12(2)17(19(27)24-15(21(29)30)10-11-32-5)25-22(31)26-16-9-7-6-8-14(16)23-20(28)18(26)13(3)4/h6-9,12-13,15,17-18H,10-11H2,1-5H3,(H,23,28)(H,24,27)(H,25,31)(H,29,30). The number of carboxylic acids is 1. The summed E-state index contributed by atoms with van der Waals surface area (Å²) >= 11 is 1.49. The number of carbonyl (C=O) groups is 4. The summed E-state index contributed by atoms with van der Waals surface area (Å²) in [5.74, 6) is -1.90. The van der Waals surface area contributed by atoms with Crippen molar-refractivity contribution in [2.75, 3.05) is 22.2 Å². The summed E-state index contributed by atoms with van der Waals surface area (Å²) < 4.78 is 0. The van der Waals surface area contributed by atoms with Gasteiger partial charge in [-0.1, -0.05) is 39.8 Å². The van der Waals surface area contributed by atoms with Crippen LogP contribution in [0.25, 0.3) is 0 Å². The van der Waals surface area contributed by atoms with E-state index in [0.29, 0.717) is 17.1 Å². The zero-order valence-electron chi connectivity index (χ0n) is 19.0. The van der Waals surface area contributed by atoms with Crippen LogP contribution in [-0.4, -0.2) is 59.1 Å². The molecule has 0 radical (unpaired) electrons. The van der Waals surface area contributed by atoms with Crippen LogP contribution in [0.2, 0.25) is 0 Å². The van der Waals surface area contributed by atoms with Crippen LogP contribution in [-0.2, 0) is 14.4 Å². The monoisotopic (exact) mass is 464 g/mol. The number of nitrogens with one attached hydrogen (secondary N) is 3. The Kier molecular flexibility index (Phi) is 8.94. The molecule has 9 nitrogen and oxygen atoms in total. The highest BCUT2D eigenvalue weighted by Crippen LogP contribution is 2.34. The molecule has 4 amide bonds. The lowest BCUT2D eigenvalue weighted by molar-refractivity contribution is -0.142. The normalized spacial score (nSPS) is 17.4. The number of fused-ring (bicyclic) bond motifs is 1. The second kappa shape index (κ2) is 11.2. The molecule has 1 aliphatic heterocycles. The minimum atomic E-state index is -1.12. The molecule has 0 spiro atoms. The molecule has 1 aromatic rings. The molecule has 0 saturated carbocycles. The fourth-order valence-corrected chi connectivity index (χ4v) is 4.06. The molecule has 0 fully saturated rings. The summed E-state index contributed by atoms with van der Waals surface area (Å²) in [5, 5.41) is 17.5. The number of aliphatic carboxylic acids is 1. The van der Waals surface area contributed by atoms with Gasteiger partial charge in [-0.15, -0.1) is 0 Å². The number of carbonyl (C=O) groups excluding carboxylic acids is 3. The van der Waals surface area contributed by atoms with Gasteiger partial charge in [-0.3, -0.25) is 14.5 Å². The van der Waals surface area contributed by atoms with Gasteiger partial charge in [0.2, 0.25) is 11.8 Å². The van der Waals surface area contributed by atoms with E-state index in [1.807, 2.05) is 20.1 Å².